The quantitative estimate of drug-likeness (QED) is 0.823. The number of rotatable bonds is 1. The summed E-state index contributed by atoms with van der Waals surface area (Å²) in [7, 11) is -2.91. The van der Waals surface area contributed by atoms with Crippen molar-refractivity contribution >= 4 is 25.8 Å². The van der Waals surface area contributed by atoms with Gasteiger partial charge in [-0.25, -0.2) is 8.42 Å². The average molecular weight is 281 g/mol. The van der Waals surface area contributed by atoms with Crippen LogP contribution in [-0.4, -0.2) is 34.8 Å². The Hall–Kier alpha value is -0.560. The molecule has 0 bridgehead atoms. The lowest BCUT2D eigenvalue weighted by Gasteiger charge is -2.08. The Morgan fingerprint density at radius 1 is 1.64 bits per heavy atom. The van der Waals surface area contributed by atoms with Gasteiger partial charge in [0.15, 0.2) is 15.6 Å². The van der Waals surface area contributed by atoms with Crippen molar-refractivity contribution in [3.05, 3.63) is 10.8 Å². The molecule has 1 fully saturated rings. The SMILES string of the molecule is O=S1(=O)CCC(n2ncc(O)c2Br)C1. The third kappa shape index (κ3) is 1.66. The van der Waals surface area contributed by atoms with E-state index in [2.05, 4.69) is 21.0 Å². The molecule has 1 aliphatic heterocycles. The molecule has 0 aromatic carbocycles. The molecule has 0 amide bonds. The third-order valence-electron chi connectivity index (χ3n) is 2.27. The van der Waals surface area contributed by atoms with Gasteiger partial charge >= 0.3 is 0 Å². The summed E-state index contributed by atoms with van der Waals surface area (Å²) in [5.41, 5.74) is 0. The lowest BCUT2D eigenvalue weighted by Crippen LogP contribution is -2.12. The van der Waals surface area contributed by atoms with Crippen molar-refractivity contribution in [2.45, 2.75) is 12.5 Å². The van der Waals surface area contributed by atoms with Gasteiger partial charge < -0.3 is 5.11 Å². The molecule has 7 heteroatoms. The number of halogens is 1. The highest BCUT2D eigenvalue weighted by atomic mass is 79.9. The molecule has 14 heavy (non-hydrogen) atoms. The Bertz CT molecular complexity index is 454. The van der Waals surface area contributed by atoms with Gasteiger partial charge in [0.2, 0.25) is 0 Å². The molecule has 1 atom stereocenters. The van der Waals surface area contributed by atoms with E-state index in [0.717, 1.165) is 0 Å². The highest BCUT2D eigenvalue weighted by Crippen LogP contribution is 2.30. The summed E-state index contributed by atoms with van der Waals surface area (Å²) < 4.78 is 24.4. The molecule has 1 saturated heterocycles. The average Bonchev–Trinajstić information content (AvgIpc) is 2.59. The van der Waals surface area contributed by atoms with Crippen LogP contribution in [-0.2, 0) is 9.84 Å². The first kappa shape index (κ1) is 9.97. The number of hydrogen-bond acceptors (Lipinski definition) is 4. The first-order chi connectivity index (χ1) is 6.49. The Morgan fingerprint density at radius 2 is 2.36 bits per heavy atom. The van der Waals surface area contributed by atoms with Crippen molar-refractivity contribution in [1.82, 2.24) is 9.78 Å². The van der Waals surface area contributed by atoms with Gasteiger partial charge in [-0.3, -0.25) is 4.68 Å². The molecule has 1 aliphatic rings. The van der Waals surface area contributed by atoms with Crippen LogP contribution in [0.15, 0.2) is 10.8 Å². The zero-order valence-electron chi connectivity index (χ0n) is 7.22. The highest BCUT2D eigenvalue weighted by molar-refractivity contribution is 9.10. The lowest BCUT2D eigenvalue weighted by molar-refractivity contribution is 0.456. The van der Waals surface area contributed by atoms with Gasteiger partial charge in [-0.2, -0.15) is 5.10 Å². The molecular formula is C7H9BrN2O3S. The van der Waals surface area contributed by atoms with Gasteiger partial charge in [0.1, 0.15) is 4.60 Å². The van der Waals surface area contributed by atoms with Crippen LogP contribution in [0.5, 0.6) is 5.75 Å². The lowest BCUT2D eigenvalue weighted by atomic mass is 10.3. The van der Waals surface area contributed by atoms with Gasteiger partial charge in [0.05, 0.1) is 23.7 Å². The van der Waals surface area contributed by atoms with E-state index >= 15 is 0 Å². The smallest absolute Gasteiger partial charge is 0.168 e. The Labute approximate surface area is 89.8 Å². The summed E-state index contributed by atoms with van der Waals surface area (Å²) in [6.07, 6.45) is 1.86. The minimum absolute atomic E-state index is 0.0364. The molecule has 1 aromatic heterocycles. The first-order valence-electron chi connectivity index (χ1n) is 4.12. The second-order valence-electron chi connectivity index (χ2n) is 3.32. The van der Waals surface area contributed by atoms with Crippen LogP contribution in [0.2, 0.25) is 0 Å². The zero-order valence-corrected chi connectivity index (χ0v) is 9.62. The summed E-state index contributed by atoms with van der Waals surface area (Å²) in [5.74, 6) is 0.339. The Balaban J connectivity index is 2.30. The van der Waals surface area contributed by atoms with Crippen LogP contribution in [0.3, 0.4) is 0 Å². The number of aromatic hydroxyl groups is 1. The molecule has 1 N–H and O–H groups in total. The number of sulfone groups is 1. The first-order valence-corrected chi connectivity index (χ1v) is 6.73. The number of hydrogen-bond donors (Lipinski definition) is 1. The van der Waals surface area contributed by atoms with Gasteiger partial charge in [-0.05, 0) is 22.4 Å². The fourth-order valence-electron chi connectivity index (χ4n) is 1.56. The van der Waals surface area contributed by atoms with E-state index in [-0.39, 0.29) is 23.3 Å². The van der Waals surface area contributed by atoms with Crippen LogP contribution >= 0.6 is 15.9 Å². The molecule has 2 rings (SSSR count). The molecule has 0 radical (unpaired) electrons. The van der Waals surface area contributed by atoms with E-state index < -0.39 is 9.84 Å². The Kier molecular flexibility index (Phi) is 2.30. The van der Waals surface area contributed by atoms with E-state index in [1.165, 1.54) is 10.9 Å². The summed E-state index contributed by atoms with van der Waals surface area (Å²) in [6, 6.07) is -0.157. The standard InChI is InChI=1S/C7H9BrN2O3S/c8-7-6(11)3-9-10(7)5-1-2-14(12,13)4-5/h3,5,11H,1-2,4H2. The third-order valence-corrected chi connectivity index (χ3v) is 4.79. The molecule has 1 aromatic rings. The summed E-state index contributed by atoms with van der Waals surface area (Å²) >= 11 is 3.15. The van der Waals surface area contributed by atoms with Gasteiger partial charge in [0.25, 0.3) is 0 Å². The molecule has 0 aliphatic carbocycles. The fraction of sp³-hybridized carbons (Fsp3) is 0.571. The van der Waals surface area contributed by atoms with Crippen molar-refractivity contribution in [3.8, 4) is 5.75 Å². The van der Waals surface area contributed by atoms with Gasteiger partial charge in [-0.15, -0.1) is 0 Å². The molecule has 2 heterocycles. The molecular weight excluding hydrogens is 272 g/mol. The summed E-state index contributed by atoms with van der Waals surface area (Å²) in [6.45, 7) is 0. The molecule has 0 saturated carbocycles. The topological polar surface area (TPSA) is 72.2 Å². The zero-order chi connectivity index (χ0) is 10.3. The normalized spacial score (nSPS) is 25.4. The van der Waals surface area contributed by atoms with E-state index in [0.29, 0.717) is 11.0 Å². The molecule has 1 unspecified atom stereocenters. The summed E-state index contributed by atoms with van der Waals surface area (Å²) in [5, 5.41) is 13.2. The maximum Gasteiger partial charge on any atom is 0.168 e. The van der Waals surface area contributed by atoms with Crippen LogP contribution in [0.4, 0.5) is 0 Å². The van der Waals surface area contributed by atoms with Crippen molar-refractivity contribution in [1.29, 1.82) is 0 Å². The minimum Gasteiger partial charge on any atom is -0.504 e. The van der Waals surface area contributed by atoms with E-state index in [1.807, 2.05) is 0 Å². The summed E-state index contributed by atoms with van der Waals surface area (Å²) in [4.78, 5) is 0. The number of aromatic nitrogens is 2. The molecule has 5 nitrogen and oxygen atoms in total. The largest absolute Gasteiger partial charge is 0.504 e. The maximum absolute atomic E-state index is 11.2. The van der Waals surface area contributed by atoms with Crippen molar-refractivity contribution < 1.29 is 13.5 Å². The monoisotopic (exact) mass is 280 g/mol. The second kappa shape index (κ2) is 3.23. The molecule has 0 spiro atoms. The predicted octanol–water partition coefficient (Wildman–Crippen LogP) is 0.711. The number of nitrogens with zero attached hydrogens (tertiary/aromatic N) is 2. The van der Waals surface area contributed by atoms with Crippen LogP contribution in [0.25, 0.3) is 0 Å². The van der Waals surface area contributed by atoms with Gasteiger partial charge in [0, 0.05) is 0 Å². The minimum atomic E-state index is -2.91. The van der Waals surface area contributed by atoms with Crippen LogP contribution < -0.4 is 0 Å². The van der Waals surface area contributed by atoms with E-state index in [4.69, 9.17) is 0 Å². The maximum atomic E-state index is 11.2. The van der Waals surface area contributed by atoms with Crippen LogP contribution in [0, 0.1) is 0 Å². The second-order valence-corrected chi connectivity index (χ2v) is 6.30. The van der Waals surface area contributed by atoms with Crippen molar-refractivity contribution in [2.75, 3.05) is 11.5 Å². The molecule has 78 valence electrons. The Morgan fingerprint density at radius 3 is 2.79 bits per heavy atom. The van der Waals surface area contributed by atoms with Crippen LogP contribution in [0.1, 0.15) is 12.5 Å². The van der Waals surface area contributed by atoms with Crippen molar-refractivity contribution in [2.24, 2.45) is 0 Å². The predicted molar refractivity (Wildman–Crippen MR) is 53.9 cm³/mol. The highest BCUT2D eigenvalue weighted by Gasteiger charge is 2.31. The van der Waals surface area contributed by atoms with E-state index in [1.54, 1.807) is 0 Å². The van der Waals surface area contributed by atoms with Crippen molar-refractivity contribution in [3.63, 3.8) is 0 Å². The van der Waals surface area contributed by atoms with Gasteiger partial charge in [-0.1, -0.05) is 0 Å². The fourth-order valence-corrected chi connectivity index (χ4v) is 3.74. The van der Waals surface area contributed by atoms with E-state index in [9.17, 15) is 13.5 Å².